The molecule has 0 spiro atoms. The zero-order valence-electron chi connectivity index (χ0n) is 11.6. The van der Waals surface area contributed by atoms with E-state index in [1.54, 1.807) is 12.1 Å². The van der Waals surface area contributed by atoms with Gasteiger partial charge in [0.1, 0.15) is 0 Å². The number of hydrogen-bond acceptors (Lipinski definition) is 4. The summed E-state index contributed by atoms with van der Waals surface area (Å²) in [5.41, 5.74) is 1.16. The number of hydrogen-bond donors (Lipinski definition) is 2. The van der Waals surface area contributed by atoms with E-state index in [9.17, 15) is 15.2 Å². The molecule has 1 aliphatic rings. The number of nitrogens with one attached hydrogen (secondary N) is 1. The Balaban J connectivity index is 1.91. The summed E-state index contributed by atoms with van der Waals surface area (Å²) in [6, 6.07) is 6.99. The molecule has 0 bridgehead atoms. The van der Waals surface area contributed by atoms with Gasteiger partial charge >= 0.3 is 0 Å². The lowest BCUT2D eigenvalue weighted by Crippen LogP contribution is -2.36. The molecule has 5 heteroatoms. The fraction of sp³-hybridized carbons (Fsp3) is 0.600. The number of rotatable bonds is 5. The minimum Gasteiger partial charge on any atom is -0.396 e. The van der Waals surface area contributed by atoms with Crippen molar-refractivity contribution in [3.8, 4) is 0 Å². The van der Waals surface area contributed by atoms with Crippen molar-refractivity contribution in [1.29, 1.82) is 0 Å². The third-order valence-electron chi connectivity index (χ3n) is 4.11. The smallest absolute Gasteiger partial charge is 0.269 e. The molecule has 1 saturated carbocycles. The van der Waals surface area contributed by atoms with Crippen molar-refractivity contribution < 1.29 is 10.0 Å². The maximum absolute atomic E-state index is 10.6. The average Bonchev–Trinajstić information content (AvgIpc) is 2.70. The predicted octanol–water partition coefficient (Wildman–Crippen LogP) is 2.63. The van der Waals surface area contributed by atoms with E-state index in [1.165, 1.54) is 31.4 Å². The van der Waals surface area contributed by atoms with E-state index in [-0.39, 0.29) is 17.2 Å². The standard InChI is InChI=1S/C15H22N2O3/c18-11-13-4-2-1-3-5-15(13)16-10-12-6-8-14(9-7-12)17(19)20/h6-9,13,15-16,18H,1-5,10-11H2. The SMILES string of the molecule is O=[N+]([O-])c1ccc(CNC2CCCCCC2CO)cc1. The molecule has 1 aromatic carbocycles. The van der Waals surface area contributed by atoms with E-state index in [0.29, 0.717) is 18.5 Å². The van der Waals surface area contributed by atoms with Gasteiger partial charge in [-0.25, -0.2) is 0 Å². The summed E-state index contributed by atoms with van der Waals surface area (Å²) < 4.78 is 0. The Morgan fingerprint density at radius 1 is 1.20 bits per heavy atom. The topological polar surface area (TPSA) is 75.4 Å². The normalized spacial score (nSPS) is 23.2. The van der Waals surface area contributed by atoms with Crippen LogP contribution in [0.1, 0.15) is 37.7 Å². The van der Waals surface area contributed by atoms with E-state index >= 15 is 0 Å². The first-order valence-corrected chi connectivity index (χ1v) is 7.28. The van der Waals surface area contributed by atoms with Gasteiger partial charge in [-0.1, -0.05) is 31.4 Å². The van der Waals surface area contributed by atoms with E-state index in [0.717, 1.165) is 18.4 Å². The molecule has 0 aromatic heterocycles. The number of nitro benzene ring substituents is 1. The largest absolute Gasteiger partial charge is 0.396 e. The van der Waals surface area contributed by atoms with Crippen LogP contribution in [-0.2, 0) is 6.54 Å². The molecule has 0 radical (unpaired) electrons. The van der Waals surface area contributed by atoms with Crippen LogP contribution in [0.4, 0.5) is 5.69 Å². The van der Waals surface area contributed by atoms with Gasteiger partial charge in [-0.2, -0.15) is 0 Å². The van der Waals surface area contributed by atoms with Crippen LogP contribution < -0.4 is 5.32 Å². The lowest BCUT2D eigenvalue weighted by molar-refractivity contribution is -0.384. The van der Waals surface area contributed by atoms with Crippen molar-refractivity contribution in [3.05, 3.63) is 39.9 Å². The number of nitro groups is 1. The van der Waals surface area contributed by atoms with E-state index in [2.05, 4.69) is 5.32 Å². The van der Waals surface area contributed by atoms with Crippen molar-refractivity contribution in [3.63, 3.8) is 0 Å². The summed E-state index contributed by atoms with van der Waals surface area (Å²) in [7, 11) is 0. The first kappa shape index (κ1) is 14.9. The Morgan fingerprint density at radius 2 is 1.90 bits per heavy atom. The third-order valence-corrected chi connectivity index (χ3v) is 4.11. The summed E-state index contributed by atoms with van der Waals surface area (Å²) in [4.78, 5) is 10.2. The fourth-order valence-electron chi connectivity index (χ4n) is 2.86. The van der Waals surface area contributed by atoms with E-state index in [1.807, 2.05) is 0 Å². The summed E-state index contributed by atoms with van der Waals surface area (Å²) in [5, 5.41) is 23.6. The van der Waals surface area contributed by atoms with Crippen molar-refractivity contribution in [2.24, 2.45) is 5.92 Å². The van der Waals surface area contributed by atoms with Crippen LogP contribution in [0.5, 0.6) is 0 Å². The van der Waals surface area contributed by atoms with Crippen LogP contribution >= 0.6 is 0 Å². The van der Waals surface area contributed by atoms with Crippen LogP contribution in [0.3, 0.4) is 0 Å². The van der Waals surface area contributed by atoms with Gasteiger partial charge in [0.15, 0.2) is 0 Å². The van der Waals surface area contributed by atoms with Crippen LogP contribution in [0.2, 0.25) is 0 Å². The molecule has 2 unspecified atom stereocenters. The van der Waals surface area contributed by atoms with Gasteiger partial charge in [0.2, 0.25) is 0 Å². The molecule has 0 amide bonds. The molecule has 2 N–H and O–H groups in total. The summed E-state index contributed by atoms with van der Waals surface area (Å²) in [6.07, 6.45) is 5.81. The second-order valence-electron chi connectivity index (χ2n) is 5.49. The average molecular weight is 278 g/mol. The van der Waals surface area contributed by atoms with E-state index in [4.69, 9.17) is 0 Å². The lowest BCUT2D eigenvalue weighted by atomic mass is 9.95. The molecule has 5 nitrogen and oxygen atoms in total. The highest BCUT2D eigenvalue weighted by molar-refractivity contribution is 5.32. The number of aliphatic hydroxyl groups is 1. The minimum absolute atomic E-state index is 0.122. The molecule has 1 aromatic rings. The van der Waals surface area contributed by atoms with Gasteiger partial charge in [-0.3, -0.25) is 10.1 Å². The number of nitrogens with zero attached hydrogens (tertiary/aromatic N) is 1. The van der Waals surface area contributed by atoms with Gasteiger partial charge in [0.05, 0.1) is 4.92 Å². The Hall–Kier alpha value is -1.46. The van der Waals surface area contributed by atoms with Gasteiger partial charge in [0.25, 0.3) is 5.69 Å². The Kier molecular flexibility index (Phi) is 5.49. The van der Waals surface area contributed by atoms with Crippen molar-refractivity contribution in [1.82, 2.24) is 5.32 Å². The van der Waals surface area contributed by atoms with Crippen LogP contribution in [0.25, 0.3) is 0 Å². The number of benzene rings is 1. The zero-order chi connectivity index (χ0) is 14.4. The van der Waals surface area contributed by atoms with Crippen LogP contribution in [0, 0.1) is 16.0 Å². The Morgan fingerprint density at radius 3 is 2.55 bits per heavy atom. The highest BCUT2D eigenvalue weighted by Crippen LogP contribution is 2.23. The fourth-order valence-corrected chi connectivity index (χ4v) is 2.86. The molecule has 0 aliphatic heterocycles. The van der Waals surface area contributed by atoms with Gasteiger partial charge in [0, 0.05) is 31.3 Å². The van der Waals surface area contributed by atoms with Crippen molar-refractivity contribution >= 4 is 5.69 Å². The summed E-state index contributed by atoms with van der Waals surface area (Å²) in [6.45, 7) is 0.928. The van der Waals surface area contributed by atoms with Gasteiger partial charge in [-0.05, 0) is 24.3 Å². The number of non-ortho nitro benzene ring substituents is 1. The van der Waals surface area contributed by atoms with Crippen molar-refractivity contribution in [2.75, 3.05) is 6.61 Å². The second kappa shape index (κ2) is 7.36. The number of aliphatic hydroxyl groups excluding tert-OH is 1. The maximum Gasteiger partial charge on any atom is 0.269 e. The molecule has 2 rings (SSSR count). The van der Waals surface area contributed by atoms with Gasteiger partial charge < -0.3 is 10.4 Å². The molecule has 110 valence electrons. The second-order valence-corrected chi connectivity index (χ2v) is 5.49. The Bertz CT molecular complexity index is 433. The Labute approximate surface area is 119 Å². The monoisotopic (exact) mass is 278 g/mol. The molecule has 2 atom stereocenters. The summed E-state index contributed by atoms with van der Waals surface area (Å²) in [5.74, 6) is 0.329. The highest BCUT2D eigenvalue weighted by atomic mass is 16.6. The zero-order valence-corrected chi connectivity index (χ0v) is 11.6. The maximum atomic E-state index is 10.6. The first-order valence-electron chi connectivity index (χ1n) is 7.28. The first-order chi connectivity index (χ1) is 9.70. The van der Waals surface area contributed by atoms with E-state index < -0.39 is 0 Å². The summed E-state index contributed by atoms with van der Waals surface area (Å²) >= 11 is 0. The highest BCUT2D eigenvalue weighted by Gasteiger charge is 2.22. The molecular formula is C15H22N2O3. The molecule has 0 heterocycles. The molecule has 20 heavy (non-hydrogen) atoms. The molecular weight excluding hydrogens is 256 g/mol. The quantitative estimate of drug-likeness (QED) is 0.493. The van der Waals surface area contributed by atoms with Crippen LogP contribution in [-0.4, -0.2) is 22.7 Å². The van der Waals surface area contributed by atoms with Crippen molar-refractivity contribution in [2.45, 2.75) is 44.7 Å². The predicted molar refractivity (Wildman–Crippen MR) is 77.4 cm³/mol. The molecule has 1 aliphatic carbocycles. The molecule has 0 saturated heterocycles. The molecule has 1 fully saturated rings. The third kappa shape index (κ3) is 4.02. The van der Waals surface area contributed by atoms with Gasteiger partial charge in [-0.15, -0.1) is 0 Å². The lowest BCUT2D eigenvalue weighted by Gasteiger charge is -2.24. The minimum atomic E-state index is -0.385. The van der Waals surface area contributed by atoms with Crippen LogP contribution in [0.15, 0.2) is 24.3 Å².